The topological polar surface area (TPSA) is 36.9 Å². The summed E-state index contributed by atoms with van der Waals surface area (Å²) in [7, 11) is 2.78. The van der Waals surface area contributed by atoms with Crippen molar-refractivity contribution in [3.63, 3.8) is 0 Å². The molecule has 0 unspecified atom stereocenters. The summed E-state index contributed by atoms with van der Waals surface area (Å²) in [5, 5.41) is 7.14. The molecule has 0 radical (unpaired) electrons. The number of alkyl halides is 3. The van der Waals surface area contributed by atoms with Crippen molar-refractivity contribution in [3.05, 3.63) is 109 Å². The first-order valence-electron chi connectivity index (χ1n) is 23.4. The van der Waals surface area contributed by atoms with E-state index in [1.807, 2.05) is 30.3 Å². The number of fused-ring (bicyclic) bond motifs is 3. The van der Waals surface area contributed by atoms with E-state index in [4.69, 9.17) is 18.9 Å². The van der Waals surface area contributed by atoms with Crippen LogP contribution in [0.5, 0.6) is 17.2 Å². The van der Waals surface area contributed by atoms with Gasteiger partial charge in [0.2, 0.25) is 0 Å². The lowest BCUT2D eigenvalue weighted by Gasteiger charge is -2.17. The van der Waals surface area contributed by atoms with Crippen LogP contribution in [0.25, 0.3) is 32.3 Å². The predicted octanol–water partition coefficient (Wildman–Crippen LogP) is 14.1. The molecule has 0 N–H and O–H groups in total. The van der Waals surface area contributed by atoms with Crippen molar-refractivity contribution in [1.82, 2.24) is 0 Å². The Hall–Kier alpha value is -3.70. The van der Waals surface area contributed by atoms with Gasteiger partial charge < -0.3 is 18.9 Å². The molecule has 3 aliphatic rings. The number of benzene rings is 6. The highest BCUT2D eigenvalue weighted by molar-refractivity contribution is 7.97. The second-order valence-electron chi connectivity index (χ2n) is 16.7. The van der Waals surface area contributed by atoms with Crippen molar-refractivity contribution in [3.8, 4) is 17.2 Å². The summed E-state index contributed by atoms with van der Waals surface area (Å²) >= 11 is 0. The Balaban J connectivity index is 0.000000144. The van der Waals surface area contributed by atoms with Crippen molar-refractivity contribution in [2.75, 3.05) is 68.1 Å². The van der Waals surface area contributed by atoms with Crippen LogP contribution in [0.1, 0.15) is 77.6 Å². The maximum Gasteiger partial charge on any atom is 0.422 e. The molecule has 64 heavy (non-hydrogen) atoms. The number of ether oxygens (including phenoxy) is 4. The van der Waals surface area contributed by atoms with Gasteiger partial charge in [0.25, 0.3) is 0 Å². The lowest BCUT2D eigenvalue weighted by Crippen LogP contribution is -2.20. The number of rotatable bonds is 13. The molecule has 0 amide bonds. The van der Waals surface area contributed by atoms with Gasteiger partial charge in [0, 0.05) is 72.1 Å². The van der Waals surface area contributed by atoms with E-state index >= 15 is 0 Å². The number of halogens is 3. The molecule has 0 atom stereocenters. The number of hydrogen-bond acceptors (Lipinski definition) is 4. The Morgan fingerprint density at radius 2 is 0.766 bits per heavy atom. The Morgan fingerprint density at radius 3 is 1.11 bits per heavy atom. The summed E-state index contributed by atoms with van der Waals surface area (Å²) in [4.78, 5) is 4.37. The molecule has 6 aromatic carbocycles. The minimum atomic E-state index is -4.31. The number of methoxy groups -OCH3 is 1. The highest BCUT2D eigenvalue weighted by Gasteiger charge is 2.31. The SMILES string of the molecule is CCCCOc1ccc([S+]2CCCCC2)c2ccccc12.COCCOc1ccc([S+]2CCCCC2)c2ccccc12.FC(F)(F)COc1ccc([S+]2CCCCC2)c2ccccc12. The summed E-state index contributed by atoms with van der Waals surface area (Å²) in [5.74, 6) is 10.2. The zero-order valence-corrected chi connectivity index (χ0v) is 40.2. The molecule has 3 saturated heterocycles. The average molecular weight is 932 g/mol. The average Bonchev–Trinajstić information content (AvgIpc) is 3.34. The van der Waals surface area contributed by atoms with Gasteiger partial charge in [-0.05, 0) is 119 Å². The lowest BCUT2D eigenvalue weighted by atomic mass is 10.1. The van der Waals surface area contributed by atoms with Gasteiger partial charge in [-0.3, -0.25) is 0 Å². The Morgan fingerprint density at radius 1 is 0.422 bits per heavy atom. The highest BCUT2D eigenvalue weighted by atomic mass is 32.2. The zero-order chi connectivity index (χ0) is 44.6. The monoisotopic (exact) mass is 931 g/mol. The van der Waals surface area contributed by atoms with Crippen LogP contribution < -0.4 is 14.2 Å². The molecule has 6 aromatic rings. The predicted molar refractivity (Wildman–Crippen MR) is 269 cm³/mol. The third-order valence-electron chi connectivity index (χ3n) is 12.0. The molecule has 0 saturated carbocycles. The summed E-state index contributed by atoms with van der Waals surface area (Å²) in [6, 6.07) is 37.7. The standard InChI is InChI=1S/C19H25OS.C18H23O2S.C17H18F3OS/c1-2-3-13-20-18-11-12-19(21-14-7-4-8-15-21)17-10-6-5-9-16(17)18;1-19-11-12-20-17-9-10-18(21-13-5-2-6-14-21)16-8-4-3-7-15(16)17;18-17(19,20)12-21-15-8-9-16(22-10-4-1-5-11-22)14-7-3-2-6-13(14)15/h5-6,9-12H,2-4,7-8,13-15H2,1H3;3-4,7-10H,2,5-6,11-14H2,1H3;2-3,6-9H,1,4-5,10-12H2/q3*+1. The van der Waals surface area contributed by atoms with Gasteiger partial charge in [-0.2, -0.15) is 13.2 Å². The van der Waals surface area contributed by atoms with Gasteiger partial charge in [-0.1, -0.05) is 67.9 Å². The van der Waals surface area contributed by atoms with Crippen LogP contribution in [0.15, 0.2) is 124 Å². The van der Waals surface area contributed by atoms with Crippen LogP contribution in [0.2, 0.25) is 0 Å². The Kier molecular flexibility index (Phi) is 18.6. The quantitative estimate of drug-likeness (QED) is 0.0854. The third-order valence-corrected chi connectivity index (χ3v) is 19.6. The van der Waals surface area contributed by atoms with E-state index in [1.54, 1.807) is 18.1 Å². The Bertz CT molecular complexity index is 2250. The van der Waals surface area contributed by atoms with E-state index in [2.05, 4.69) is 79.7 Å². The summed E-state index contributed by atoms with van der Waals surface area (Å²) < 4.78 is 59.1. The fourth-order valence-electron chi connectivity index (χ4n) is 8.74. The van der Waals surface area contributed by atoms with E-state index in [1.165, 1.54) is 130 Å². The normalized spacial score (nSPS) is 16.5. The van der Waals surface area contributed by atoms with Crippen LogP contribution in [0.3, 0.4) is 0 Å². The lowest BCUT2D eigenvalue weighted by molar-refractivity contribution is -0.153. The number of hydrogen-bond donors (Lipinski definition) is 0. The molecule has 0 spiro atoms. The van der Waals surface area contributed by atoms with Crippen molar-refractivity contribution >= 4 is 65.0 Å². The second kappa shape index (κ2) is 24.7. The van der Waals surface area contributed by atoms with E-state index in [0.29, 0.717) is 40.8 Å². The van der Waals surface area contributed by atoms with E-state index in [9.17, 15) is 13.2 Å². The first-order valence-corrected chi connectivity index (χ1v) is 28.1. The summed E-state index contributed by atoms with van der Waals surface area (Å²) in [5.41, 5.74) is 0. The molecular formula is C54H66F3O4S3+3. The second-order valence-corrected chi connectivity index (χ2v) is 23.4. The molecular weight excluding hydrogens is 866 g/mol. The molecule has 9 rings (SSSR count). The molecule has 0 aliphatic carbocycles. The maximum absolute atomic E-state index is 12.4. The molecule has 4 nitrogen and oxygen atoms in total. The van der Waals surface area contributed by atoms with Crippen LogP contribution >= 0.6 is 0 Å². The smallest absolute Gasteiger partial charge is 0.422 e. The number of unbranched alkanes of at least 4 members (excludes halogenated alkanes) is 1. The Labute approximate surface area is 388 Å². The molecule has 3 heterocycles. The van der Waals surface area contributed by atoms with E-state index in [0.717, 1.165) is 35.3 Å². The van der Waals surface area contributed by atoms with Crippen molar-refractivity contribution in [2.45, 2.75) is 98.4 Å². The molecule has 342 valence electrons. The molecule has 10 heteroatoms. The van der Waals surface area contributed by atoms with Gasteiger partial charge in [0.1, 0.15) is 58.4 Å². The van der Waals surface area contributed by atoms with Crippen LogP contribution in [0.4, 0.5) is 13.2 Å². The fraction of sp³-hybridized carbons (Fsp3) is 0.444. The molecule has 3 fully saturated rings. The van der Waals surface area contributed by atoms with Gasteiger partial charge in [-0.25, -0.2) is 0 Å². The van der Waals surface area contributed by atoms with Gasteiger partial charge in [0.05, 0.1) is 13.2 Å². The highest BCUT2D eigenvalue weighted by Crippen LogP contribution is 2.37. The first-order chi connectivity index (χ1) is 31.3. The van der Waals surface area contributed by atoms with Crippen molar-refractivity contribution in [1.29, 1.82) is 0 Å². The maximum atomic E-state index is 12.4. The van der Waals surface area contributed by atoms with Crippen LogP contribution in [0, 0.1) is 0 Å². The van der Waals surface area contributed by atoms with Crippen molar-refractivity contribution < 1.29 is 32.1 Å². The summed E-state index contributed by atoms with van der Waals surface area (Å²) in [6.07, 6.45) is 10.1. The molecule has 0 aromatic heterocycles. The van der Waals surface area contributed by atoms with Gasteiger partial charge in [0.15, 0.2) is 21.3 Å². The largest absolute Gasteiger partial charge is 0.493 e. The third kappa shape index (κ3) is 13.2. The zero-order valence-electron chi connectivity index (χ0n) is 37.7. The fourth-order valence-corrected chi connectivity index (χ4v) is 16.2. The van der Waals surface area contributed by atoms with Crippen LogP contribution in [-0.2, 0) is 37.4 Å². The van der Waals surface area contributed by atoms with E-state index < -0.39 is 12.8 Å². The molecule has 3 aliphatic heterocycles. The van der Waals surface area contributed by atoms with E-state index in [-0.39, 0.29) is 10.9 Å². The first kappa shape index (κ1) is 48.2. The minimum absolute atomic E-state index is 0.210. The minimum Gasteiger partial charge on any atom is -0.493 e. The van der Waals surface area contributed by atoms with Gasteiger partial charge >= 0.3 is 6.18 Å². The van der Waals surface area contributed by atoms with Crippen LogP contribution in [-0.4, -0.2) is 74.2 Å². The van der Waals surface area contributed by atoms with Gasteiger partial charge in [-0.15, -0.1) is 0 Å². The molecule has 0 bridgehead atoms. The summed E-state index contributed by atoms with van der Waals surface area (Å²) in [6.45, 7) is 3.01. The van der Waals surface area contributed by atoms with Crippen molar-refractivity contribution in [2.24, 2.45) is 0 Å².